The standard InChI is InChI=1S/C19H24N2O/c1-3-9-15-11-5-7-13-17(15)21(19(20)22)18-14-8-6-12-16(18)10-4-2/h5-8,11-14H,3-4,9-10H2,1-2H3,(H2,20,22). The van der Waals surface area contributed by atoms with Crippen molar-refractivity contribution < 1.29 is 4.79 Å². The minimum Gasteiger partial charge on any atom is -0.351 e. The van der Waals surface area contributed by atoms with Crippen LogP contribution >= 0.6 is 0 Å². The highest BCUT2D eigenvalue weighted by molar-refractivity contribution is 5.99. The summed E-state index contributed by atoms with van der Waals surface area (Å²) in [6.45, 7) is 4.27. The lowest BCUT2D eigenvalue weighted by molar-refractivity contribution is 0.256. The highest BCUT2D eigenvalue weighted by Gasteiger charge is 2.20. The average molecular weight is 296 g/mol. The van der Waals surface area contributed by atoms with Gasteiger partial charge < -0.3 is 5.73 Å². The van der Waals surface area contributed by atoms with Crippen LogP contribution in [0.25, 0.3) is 0 Å². The van der Waals surface area contributed by atoms with Crippen LogP contribution in [-0.4, -0.2) is 6.03 Å². The number of amides is 2. The molecule has 0 heterocycles. The molecule has 3 nitrogen and oxygen atoms in total. The molecular formula is C19H24N2O. The fourth-order valence-corrected chi connectivity index (χ4v) is 2.79. The molecule has 2 aromatic rings. The third-order valence-corrected chi connectivity index (χ3v) is 3.72. The Morgan fingerprint density at radius 2 is 1.27 bits per heavy atom. The van der Waals surface area contributed by atoms with E-state index in [9.17, 15) is 4.79 Å². The molecule has 0 aromatic heterocycles. The molecule has 2 rings (SSSR count). The second-order valence-electron chi connectivity index (χ2n) is 5.43. The number of primary amides is 1. The van der Waals surface area contributed by atoms with Crippen molar-refractivity contribution >= 4 is 17.4 Å². The summed E-state index contributed by atoms with van der Waals surface area (Å²) in [5, 5.41) is 0. The largest absolute Gasteiger partial charge is 0.351 e. The van der Waals surface area contributed by atoms with Crippen LogP contribution in [0.15, 0.2) is 48.5 Å². The van der Waals surface area contributed by atoms with E-state index < -0.39 is 6.03 Å². The molecule has 116 valence electrons. The Balaban J connectivity index is 2.55. The van der Waals surface area contributed by atoms with Crippen LogP contribution in [0.3, 0.4) is 0 Å². The molecule has 2 aromatic carbocycles. The number of hydrogen-bond donors (Lipinski definition) is 1. The van der Waals surface area contributed by atoms with Crippen LogP contribution < -0.4 is 10.6 Å². The summed E-state index contributed by atoms with van der Waals surface area (Å²) in [6.07, 6.45) is 3.91. The average Bonchev–Trinajstić information content (AvgIpc) is 2.51. The van der Waals surface area contributed by atoms with E-state index >= 15 is 0 Å². The number of carbonyl (C=O) groups excluding carboxylic acids is 1. The fourth-order valence-electron chi connectivity index (χ4n) is 2.79. The summed E-state index contributed by atoms with van der Waals surface area (Å²) >= 11 is 0. The first kappa shape index (κ1) is 16.1. The van der Waals surface area contributed by atoms with Crippen molar-refractivity contribution in [1.82, 2.24) is 0 Å². The van der Waals surface area contributed by atoms with Crippen LogP contribution in [0.4, 0.5) is 16.2 Å². The van der Waals surface area contributed by atoms with Gasteiger partial charge in [0.05, 0.1) is 11.4 Å². The van der Waals surface area contributed by atoms with Gasteiger partial charge in [-0.2, -0.15) is 0 Å². The maximum atomic E-state index is 12.2. The molecule has 0 aliphatic heterocycles. The topological polar surface area (TPSA) is 46.3 Å². The zero-order valence-corrected chi connectivity index (χ0v) is 13.4. The lowest BCUT2D eigenvalue weighted by atomic mass is 10.0. The predicted molar refractivity (Wildman–Crippen MR) is 92.6 cm³/mol. The summed E-state index contributed by atoms with van der Waals surface area (Å²) in [6, 6.07) is 15.6. The first-order valence-corrected chi connectivity index (χ1v) is 7.94. The number of benzene rings is 2. The van der Waals surface area contributed by atoms with Gasteiger partial charge in [0.2, 0.25) is 0 Å². The minimum absolute atomic E-state index is 0.438. The molecule has 2 N–H and O–H groups in total. The molecule has 0 aliphatic carbocycles. The zero-order valence-electron chi connectivity index (χ0n) is 13.4. The van der Waals surface area contributed by atoms with E-state index in [1.54, 1.807) is 4.90 Å². The van der Waals surface area contributed by atoms with Gasteiger partial charge in [0.15, 0.2) is 0 Å². The van der Waals surface area contributed by atoms with Gasteiger partial charge in [-0.3, -0.25) is 4.90 Å². The second-order valence-corrected chi connectivity index (χ2v) is 5.43. The summed E-state index contributed by atoms with van der Waals surface area (Å²) in [5.41, 5.74) is 9.79. The van der Waals surface area contributed by atoms with Gasteiger partial charge in [0.25, 0.3) is 0 Å². The molecule has 0 atom stereocenters. The number of urea groups is 1. The lowest BCUT2D eigenvalue weighted by Gasteiger charge is -2.25. The third kappa shape index (κ3) is 3.48. The first-order chi connectivity index (χ1) is 10.7. The molecule has 0 spiro atoms. The molecule has 0 aliphatic rings. The van der Waals surface area contributed by atoms with Crippen molar-refractivity contribution in [2.45, 2.75) is 39.5 Å². The molecule has 3 heteroatoms. The van der Waals surface area contributed by atoms with Crippen LogP contribution in [0.2, 0.25) is 0 Å². The summed E-state index contributed by atoms with van der Waals surface area (Å²) < 4.78 is 0. The van der Waals surface area contributed by atoms with Crippen molar-refractivity contribution in [3.8, 4) is 0 Å². The van der Waals surface area contributed by atoms with E-state index in [-0.39, 0.29) is 0 Å². The molecule has 0 fully saturated rings. The van der Waals surface area contributed by atoms with E-state index in [1.807, 2.05) is 36.4 Å². The Morgan fingerprint density at radius 1 is 0.864 bits per heavy atom. The van der Waals surface area contributed by atoms with Gasteiger partial charge in [-0.05, 0) is 36.1 Å². The van der Waals surface area contributed by atoms with Crippen molar-refractivity contribution in [3.05, 3.63) is 59.7 Å². The summed E-state index contributed by atoms with van der Waals surface area (Å²) in [5.74, 6) is 0. The Kier molecular flexibility index (Phi) is 5.59. The van der Waals surface area contributed by atoms with Crippen LogP contribution in [0.1, 0.15) is 37.8 Å². The smallest absolute Gasteiger partial charge is 0.323 e. The molecule has 0 saturated carbocycles. The number of nitrogens with two attached hydrogens (primary N) is 1. The fraction of sp³-hybridized carbons (Fsp3) is 0.316. The summed E-state index contributed by atoms with van der Waals surface area (Å²) in [4.78, 5) is 13.8. The quantitative estimate of drug-likeness (QED) is 0.817. The van der Waals surface area contributed by atoms with Crippen LogP contribution in [0, 0.1) is 0 Å². The molecule has 0 unspecified atom stereocenters. The first-order valence-electron chi connectivity index (χ1n) is 7.94. The number of nitrogens with zero attached hydrogens (tertiary/aromatic N) is 1. The SMILES string of the molecule is CCCc1ccccc1N(C(N)=O)c1ccccc1CCC. The molecule has 0 bridgehead atoms. The van der Waals surface area contributed by atoms with Gasteiger partial charge >= 0.3 is 6.03 Å². The van der Waals surface area contributed by atoms with E-state index in [4.69, 9.17) is 5.73 Å². The number of carbonyl (C=O) groups is 1. The van der Waals surface area contributed by atoms with Crippen LogP contribution in [0.5, 0.6) is 0 Å². The molecule has 0 radical (unpaired) electrons. The van der Waals surface area contributed by atoms with E-state index in [0.29, 0.717) is 0 Å². The number of rotatable bonds is 6. The van der Waals surface area contributed by atoms with E-state index in [2.05, 4.69) is 26.0 Å². The maximum absolute atomic E-state index is 12.2. The van der Waals surface area contributed by atoms with Crippen molar-refractivity contribution in [1.29, 1.82) is 0 Å². The Bertz CT molecular complexity index is 587. The molecular weight excluding hydrogens is 272 g/mol. The third-order valence-electron chi connectivity index (χ3n) is 3.72. The van der Waals surface area contributed by atoms with Gasteiger partial charge in [0, 0.05) is 0 Å². The predicted octanol–water partition coefficient (Wildman–Crippen LogP) is 4.81. The highest BCUT2D eigenvalue weighted by Crippen LogP contribution is 2.32. The normalized spacial score (nSPS) is 10.5. The number of anilines is 2. The number of para-hydroxylation sites is 2. The molecule has 2 amide bonds. The monoisotopic (exact) mass is 296 g/mol. The number of hydrogen-bond acceptors (Lipinski definition) is 1. The van der Waals surface area contributed by atoms with Crippen molar-refractivity contribution in [3.63, 3.8) is 0 Å². The lowest BCUT2D eigenvalue weighted by Crippen LogP contribution is -2.32. The maximum Gasteiger partial charge on any atom is 0.323 e. The van der Waals surface area contributed by atoms with E-state index in [1.165, 1.54) is 0 Å². The number of aryl methyl sites for hydroxylation is 2. The van der Waals surface area contributed by atoms with Crippen molar-refractivity contribution in [2.75, 3.05) is 4.90 Å². The second kappa shape index (κ2) is 7.64. The highest BCUT2D eigenvalue weighted by atomic mass is 16.2. The van der Waals surface area contributed by atoms with E-state index in [0.717, 1.165) is 48.2 Å². The zero-order chi connectivity index (χ0) is 15.9. The van der Waals surface area contributed by atoms with Gasteiger partial charge in [-0.15, -0.1) is 0 Å². The van der Waals surface area contributed by atoms with Gasteiger partial charge in [-0.25, -0.2) is 4.79 Å². The van der Waals surface area contributed by atoms with Crippen molar-refractivity contribution in [2.24, 2.45) is 5.73 Å². The van der Waals surface area contributed by atoms with Crippen LogP contribution in [-0.2, 0) is 12.8 Å². The van der Waals surface area contributed by atoms with Gasteiger partial charge in [-0.1, -0.05) is 63.1 Å². The summed E-state index contributed by atoms with van der Waals surface area (Å²) in [7, 11) is 0. The Morgan fingerprint density at radius 3 is 1.64 bits per heavy atom. The molecule has 0 saturated heterocycles. The minimum atomic E-state index is -0.438. The Hall–Kier alpha value is -2.29. The molecule has 22 heavy (non-hydrogen) atoms. The van der Waals surface area contributed by atoms with Gasteiger partial charge in [0.1, 0.15) is 0 Å². The Labute approximate surface area is 132 Å².